The summed E-state index contributed by atoms with van der Waals surface area (Å²) in [5.74, 6) is 1.33. The molecule has 128 valence electrons. The Bertz CT molecular complexity index is 776. The quantitative estimate of drug-likeness (QED) is 0.693. The van der Waals surface area contributed by atoms with Crippen LogP contribution in [0.5, 0.6) is 0 Å². The third-order valence-electron chi connectivity index (χ3n) is 4.05. The summed E-state index contributed by atoms with van der Waals surface area (Å²) in [7, 11) is 0. The highest BCUT2D eigenvalue weighted by atomic mass is 15.3. The molecule has 5 heteroatoms. The van der Waals surface area contributed by atoms with Gasteiger partial charge in [-0.1, -0.05) is 55.5 Å². The van der Waals surface area contributed by atoms with E-state index in [2.05, 4.69) is 63.5 Å². The summed E-state index contributed by atoms with van der Waals surface area (Å²) in [4.78, 5) is 6.75. The zero-order valence-electron chi connectivity index (χ0n) is 14.6. The standard InChI is InChI=1S/C20H23N5/c1-3-16(2)22-19-14-21-24-20(23-19)25(18-12-8-5-9-13-18)15-17-10-6-4-7-11-17/h4-14,16H,3,15H2,1-2H3,(H,22,23,24). The Kier molecular flexibility index (Phi) is 5.57. The molecule has 0 saturated carbocycles. The van der Waals surface area contributed by atoms with Gasteiger partial charge in [0.2, 0.25) is 0 Å². The molecule has 1 aromatic heterocycles. The van der Waals surface area contributed by atoms with Gasteiger partial charge >= 0.3 is 0 Å². The number of hydrogen-bond donors (Lipinski definition) is 1. The van der Waals surface area contributed by atoms with Gasteiger partial charge in [0.15, 0.2) is 5.82 Å². The van der Waals surface area contributed by atoms with Crippen LogP contribution >= 0.6 is 0 Å². The van der Waals surface area contributed by atoms with Crippen LogP contribution in [0.25, 0.3) is 0 Å². The third-order valence-corrected chi connectivity index (χ3v) is 4.05. The highest BCUT2D eigenvalue weighted by Gasteiger charge is 2.14. The third kappa shape index (κ3) is 4.53. The molecule has 0 bridgehead atoms. The topological polar surface area (TPSA) is 53.9 Å². The van der Waals surface area contributed by atoms with E-state index in [1.165, 1.54) is 5.56 Å². The van der Waals surface area contributed by atoms with Gasteiger partial charge in [0.1, 0.15) is 0 Å². The predicted octanol–water partition coefficient (Wildman–Crippen LogP) is 4.42. The Balaban J connectivity index is 1.93. The highest BCUT2D eigenvalue weighted by Crippen LogP contribution is 2.24. The number of nitrogens with zero attached hydrogens (tertiary/aromatic N) is 4. The van der Waals surface area contributed by atoms with Gasteiger partial charge in [0.25, 0.3) is 5.95 Å². The summed E-state index contributed by atoms with van der Waals surface area (Å²) in [6.07, 6.45) is 2.69. The minimum Gasteiger partial charge on any atom is -0.366 e. The Morgan fingerprint density at radius 2 is 1.68 bits per heavy atom. The van der Waals surface area contributed by atoms with Gasteiger partial charge in [-0.2, -0.15) is 10.1 Å². The number of aromatic nitrogens is 3. The lowest BCUT2D eigenvalue weighted by molar-refractivity contribution is 0.752. The molecule has 3 rings (SSSR count). The molecule has 5 nitrogen and oxygen atoms in total. The van der Waals surface area contributed by atoms with Gasteiger partial charge in [0.05, 0.1) is 12.7 Å². The molecule has 1 N–H and O–H groups in total. The first-order valence-electron chi connectivity index (χ1n) is 8.59. The van der Waals surface area contributed by atoms with Gasteiger partial charge < -0.3 is 10.2 Å². The Morgan fingerprint density at radius 1 is 1.00 bits per heavy atom. The van der Waals surface area contributed by atoms with Crippen molar-refractivity contribution in [2.75, 3.05) is 10.2 Å². The first-order chi connectivity index (χ1) is 12.3. The number of para-hydroxylation sites is 1. The Labute approximate surface area is 148 Å². The smallest absolute Gasteiger partial charge is 0.252 e. The van der Waals surface area contributed by atoms with Crippen molar-refractivity contribution >= 4 is 17.5 Å². The molecule has 0 aliphatic carbocycles. The van der Waals surface area contributed by atoms with Gasteiger partial charge in [-0.05, 0) is 31.0 Å². The summed E-state index contributed by atoms with van der Waals surface area (Å²) in [6.45, 7) is 4.94. The van der Waals surface area contributed by atoms with Crippen molar-refractivity contribution in [3.8, 4) is 0 Å². The molecule has 0 spiro atoms. The molecule has 2 aromatic carbocycles. The second-order valence-corrected chi connectivity index (χ2v) is 6.00. The fourth-order valence-electron chi connectivity index (χ4n) is 2.48. The average molecular weight is 333 g/mol. The summed E-state index contributed by atoms with van der Waals surface area (Å²) >= 11 is 0. The second kappa shape index (κ2) is 8.24. The molecule has 0 radical (unpaired) electrons. The van der Waals surface area contributed by atoms with Crippen molar-refractivity contribution in [3.63, 3.8) is 0 Å². The zero-order valence-corrected chi connectivity index (χ0v) is 14.6. The van der Waals surface area contributed by atoms with Gasteiger partial charge in [-0.25, -0.2) is 0 Å². The maximum Gasteiger partial charge on any atom is 0.252 e. The monoisotopic (exact) mass is 333 g/mol. The first-order valence-corrected chi connectivity index (χ1v) is 8.59. The largest absolute Gasteiger partial charge is 0.366 e. The molecule has 25 heavy (non-hydrogen) atoms. The average Bonchev–Trinajstić information content (AvgIpc) is 2.67. The van der Waals surface area contributed by atoms with E-state index in [1.54, 1.807) is 6.20 Å². The molecule has 0 fully saturated rings. The van der Waals surface area contributed by atoms with E-state index in [0.29, 0.717) is 18.5 Å². The molecule has 1 atom stereocenters. The summed E-state index contributed by atoms with van der Waals surface area (Å²) in [5.41, 5.74) is 2.23. The Hall–Kier alpha value is -2.95. The number of rotatable bonds is 7. The van der Waals surface area contributed by atoms with Crippen LogP contribution < -0.4 is 10.2 Å². The number of nitrogens with one attached hydrogen (secondary N) is 1. The summed E-state index contributed by atoms with van der Waals surface area (Å²) in [5, 5.41) is 11.8. The molecule has 0 aliphatic heterocycles. The number of anilines is 3. The van der Waals surface area contributed by atoms with E-state index in [4.69, 9.17) is 0 Å². The van der Waals surface area contributed by atoms with E-state index in [9.17, 15) is 0 Å². The van der Waals surface area contributed by atoms with Crippen LogP contribution in [-0.2, 0) is 6.54 Å². The fraction of sp³-hybridized carbons (Fsp3) is 0.250. The summed E-state index contributed by atoms with van der Waals surface area (Å²) < 4.78 is 0. The molecule has 0 aliphatic rings. The molecular formula is C20H23N5. The van der Waals surface area contributed by atoms with E-state index >= 15 is 0 Å². The van der Waals surface area contributed by atoms with E-state index in [1.807, 2.05) is 36.4 Å². The normalized spacial score (nSPS) is 11.8. The maximum absolute atomic E-state index is 4.67. The lowest BCUT2D eigenvalue weighted by Gasteiger charge is -2.23. The van der Waals surface area contributed by atoms with E-state index < -0.39 is 0 Å². The molecule has 1 unspecified atom stereocenters. The van der Waals surface area contributed by atoms with Crippen molar-refractivity contribution in [3.05, 3.63) is 72.4 Å². The maximum atomic E-state index is 4.67. The van der Waals surface area contributed by atoms with Crippen LogP contribution in [0, 0.1) is 0 Å². The number of benzene rings is 2. The van der Waals surface area contributed by atoms with Crippen molar-refractivity contribution in [2.45, 2.75) is 32.9 Å². The van der Waals surface area contributed by atoms with Crippen LogP contribution in [0.1, 0.15) is 25.8 Å². The number of hydrogen-bond acceptors (Lipinski definition) is 5. The lowest BCUT2D eigenvalue weighted by atomic mass is 10.2. The minimum absolute atomic E-state index is 0.337. The molecule has 1 heterocycles. The van der Waals surface area contributed by atoms with Gasteiger partial charge in [-0.3, -0.25) is 0 Å². The van der Waals surface area contributed by atoms with Crippen LogP contribution in [-0.4, -0.2) is 21.2 Å². The SMILES string of the molecule is CCC(C)Nc1cnnc(N(Cc2ccccc2)c2ccccc2)n1. The minimum atomic E-state index is 0.337. The first kappa shape index (κ1) is 16.9. The van der Waals surface area contributed by atoms with Crippen LogP contribution in [0.3, 0.4) is 0 Å². The Morgan fingerprint density at radius 3 is 2.36 bits per heavy atom. The molecular weight excluding hydrogens is 310 g/mol. The van der Waals surface area contributed by atoms with E-state index in [0.717, 1.165) is 17.9 Å². The van der Waals surface area contributed by atoms with Crippen molar-refractivity contribution < 1.29 is 0 Å². The predicted molar refractivity (Wildman–Crippen MR) is 102 cm³/mol. The van der Waals surface area contributed by atoms with Crippen molar-refractivity contribution in [1.82, 2.24) is 15.2 Å². The van der Waals surface area contributed by atoms with Crippen LogP contribution in [0.4, 0.5) is 17.5 Å². The lowest BCUT2D eigenvalue weighted by Crippen LogP contribution is -2.21. The van der Waals surface area contributed by atoms with Crippen molar-refractivity contribution in [2.24, 2.45) is 0 Å². The highest BCUT2D eigenvalue weighted by molar-refractivity contribution is 5.58. The molecule has 3 aromatic rings. The summed E-state index contributed by atoms with van der Waals surface area (Å²) in [6, 6.07) is 20.8. The fourth-order valence-corrected chi connectivity index (χ4v) is 2.48. The van der Waals surface area contributed by atoms with Crippen LogP contribution in [0.15, 0.2) is 66.9 Å². The van der Waals surface area contributed by atoms with E-state index in [-0.39, 0.29) is 0 Å². The van der Waals surface area contributed by atoms with Crippen LogP contribution in [0.2, 0.25) is 0 Å². The molecule has 0 saturated heterocycles. The second-order valence-electron chi connectivity index (χ2n) is 6.00. The van der Waals surface area contributed by atoms with Gasteiger partial charge in [-0.15, -0.1) is 5.10 Å². The zero-order chi connectivity index (χ0) is 17.5. The molecule has 0 amide bonds. The van der Waals surface area contributed by atoms with Crippen molar-refractivity contribution in [1.29, 1.82) is 0 Å². The van der Waals surface area contributed by atoms with Gasteiger partial charge in [0, 0.05) is 11.7 Å².